The molecule has 1 N–H and O–H groups in total. The highest BCUT2D eigenvalue weighted by molar-refractivity contribution is 5.79. The second-order valence-electron chi connectivity index (χ2n) is 12.3. The first-order valence-electron chi connectivity index (χ1n) is 15.4. The van der Waals surface area contributed by atoms with Crippen LogP contribution in [0.2, 0.25) is 0 Å². The first-order valence-corrected chi connectivity index (χ1v) is 15.4. The number of amides is 2. The minimum absolute atomic E-state index is 0.000262. The van der Waals surface area contributed by atoms with Crippen LogP contribution < -0.4 is 0 Å². The molecule has 10 nitrogen and oxygen atoms in total. The molecule has 0 spiro atoms. The van der Waals surface area contributed by atoms with Crippen LogP contribution in [0.15, 0.2) is 61.2 Å². The number of aliphatic hydroxyl groups is 1. The van der Waals surface area contributed by atoms with Crippen molar-refractivity contribution in [2.24, 2.45) is 11.8 Å². The van der Waals surface area contributed by atoms with E-state index in [1.807, 2.05) is 0 Å². The van der Waals surface area contributed by atoms with Crippen molar-refractivity contribution in [2.45, 2.75) is 56.8 Å². The average molecular weight is 609 g/mol. The summed E-state index contributed by atoms with van der Waals surface area (Å²) in [7, 11) is 0. The minimum atomic E-state index is -1.36. The Bertz CT molecular complexity index is 1340. The highest BCUT2D eigenvalue weighted by atomic mass is 19.1. The Balaban J connectivity index is 1.20. The zero-order valence-corrected chi connectivity index (χ0v) is 25.0. The van der Waals surface area contributed by atoms with Gasteiger partial charge >= 0.3 is 6.09 Å². The lowest BCUT2D eigenvalue weighted by Crippen LogP contribution is -2.50. The molecule has 2 saturated heterocycles. The van der Waals surface area contributed by atoms with E-state index in [1.165, 1.54) is 24.3 Å². The molecule has 0 aromatic heterocycles. The number of rotatable bonds is 10. The van der Waals surface area contributed by atoms with E-state index in [-0.39, 0.29) is 42.6 Å². The second kappa shape index (κ2) is 13.9. The number of halogens is 1. The van der Waals surface area contributed by atoms with Gasteiger partial charge in [0.25, 0.3) is 5.69 Å². The molecule has 0 bridgehead atoms. The molecule has 0 unspecified atom stereocenters. The number of β-amino-alcohol motifs (C(OH)–C–C–N with tert-alkyl or cyclic N) is 1. The van der Waals surface area contributed by atoms with Crippen LogP contribution in [0.25, 0.3) is 0 Å². The standard InChI is InChI=1S/C33H41FN4O6/c1-2-16-37(32(40)44-22-24-10-12-30(13-11-24)38(42)43)29-14-17-35(18-15-29)20-27-21-36(31(39)25-6-3-4-7-25)23-33(27,41)26-8-5-9-28(34)19-26/h2,5,8-13,19,25,27,29,41H,1,3-4,6-7,14-18,20-23H2/t27-,33-/m0/s1. The van der Waals surface area contributed by atoms with Gasteiger partial charge in [-0.25, -0.2) is 9.18 Å². The normalized spacial score (nSPS) is 23.0. The summed E-state index contributed by atoms with van der Waals surface area (Å²) in [6, 6.07) is 11.9. The monoisotopic (exact) mass is 608 g/mol. The number of ether oxygens (including phenoxy) is 1. The van der Waals surface area contributed by atoms with Gasteiger partial charge in [-0.3, -0.25) is 14.9 Å². The van der Waals surface area contributed by atoms with Crippen LogP contribution in [0.5, 0.6) is 0 Å². The van der Waals surface area contributed by atoms with Gasteiger partial charge in [-0.15, -0.1) is 6.58 Å². The summed E-state index contributed by atoms with van der Waals surface area (Å²) in [5, 5.41) is 22.9. The van der Waals surface area contributed by atoms with Gasteiger partial charge in [0.1, 0.15) is 18.0 Å². The van der Waals surface area contributed by atoms with E-state index in [1.54, 1.807) is 40.1 Å². The Labute approximate surface area is 257 Å². The molecule has 2 atom stereocenters. The predicted molar refractivity (Wildman–Crippen MR) is 162 cm³/mol. The Kier molecular flexibility index (Phi) is 9.95. The third-order valence-corrected chi connectivity index (χ3v) is 9.43. The number of non-ortho nitro benzene ring substituents is 1. The van der Waals surface area contributed by atoms with Crippen molar-refractivity contribution in [2.75, 3.05) is 39.3 Å². The number of benzene rings is 2. The lowest BCUT2D eigenvalue weighted by atomic mass is 9.83. The number of likely N-dealkylation sites (tertiary alicyclic amines) is 2. The molecule has 1 saturated carbocycles. The topological polar surface area (TPSA) is 116 Å². The van der Waals surface area contributed by atoms with Crippen molar-refractivity contribution >= 4 is 17.7 Å². The summed E-state index contributed by atoms with van der Waals surface area (Å²) >= 11 is 0. The molecule has 2 heterocycles. The highest BCUT2D eigenvalue weighted by Gasteiger charge is 2.49. The Hall–Kier alpha value is -3.83. The zero-order chi connectivity index (χ0) is 31.3. The Morgan fingerprint density at radius 3 is 2.48 bits per heavy atom. The number of carbonyl (C=O) groups is 2. The summed E-state index contributed by atoms with van der Waals surface area (Å²) in [5.41, 5.74) is -0.239. The van der Waals surface area contributed by atoms with Crippen molar-refractivity contribution in [1.29, 1.82) is 0 Å². The molecule has 2 amide bonds. The van der Waals surface area contributed by atoms with E-state index in [2.05, 4.69) is 11.5 Å². The minimum Gasteiger partial charge on any atom is -0.445 e. The van der Waals surface area contributed by atoms with E-state index < -0.39 is 22.4 Å². The molecule has 3 fully saturated rings. The number of nitro benzene ring substituents is 1. The van der Waals surface area contributed by atoms with Crippen LogP contribution in [-0.2, 0) is 21.7 Å². The molecule has 236 valence electrons. The third kappa shape index (κ3) is 7.10. The van der Waals surface area contributed by atoms with Gasteiger partial charge < -0.3 is 24.5 Å². The first-order chi connectivity index (χ1) is 21.2. The fourth-order valence-corrected chi connectivity index (χ4v) is 6.97. The summed E-state index contributed by atoms with van der Waals surface area (Å²) < 4.78 is 19.8. The molecule has 44 heavy (non-hydrogen) atoms. The molecule has 0 radical (unpaired) electrons. The molecule has 3 aliphatic rings. The summed E-state index contributed by atoms with van der Waals surface area (Å²) in [6.07, 6.45) is 6.42. The van der Waals surface area contributed by atoms with Gasteiger partial charge in [0.05, 0.1) is 11.5 Å². The van der Waals surface area contributed by atoms with E-state index in [0.717, 1.165) is 25.7 Å². The molecule has 11 heteroatoms. The molecule has 1 aliphatic carbocycles. The lowest BCUT2D eigenvalue weighted by molar-refractivity contribution is -0.384. The SMILES string of the molecule is C=CCN(C(=O)OCc1ccc([N+](=O)[O-])cc1)C1CCN(C[C@H]2CN(C(=O)C3CCCC3)C[C@]2(O)c2cccc(F)c2)CC1. The first kappa shape index (κ1) is 31.6. The van der Waals surface area contributed by atoms with Gasteiger partial charge in [-0.2, -0.15) is 0 Å². The third-order valence-electron chi connectivity index (χ3n) is 9.43. The van der Waals surface area contributed by atoms with Gasteiger partial charge in [0.15, 0.2) is 0 Å². The van der Waals surface area contributed by atoms with Gasteiger partial charge in [-0.1, -0.05) is 31.1 Å². The highest BCUT2D eigenvalue weighted by Crippen LogP contribution is 2.40. The fourth-order valence-electron chi connectivity index (χ4n) is 6.97. The number of nitro groups is 1. The average Bonchev–Trinajstić information content (AvgIpc) is 3.68. The van der Waals surface area contributed by atoms with Crippen LogP contribution in [0.1, 0.15) is 49.7 Å². The Morgan fingerprint density at radius 2 is 1.84 bits per heavy atom. The van der Waals surface area contributed by atoms with Crippen molar-refractivity contribution in [1.82, 2.24) is 14.7 Å². The van der Waals surface area contributed by atoms with E-state index in [0.29, 0.717) is 56.7 Å². The summed E-state index contributed by atoms with van der Waals surface area (Å²) in [4.78, 5) is 42.5. The summed E-state index contributed by atoms with van der Waals surface area (Å²) in [6.45, 7) is 6.59. The van der Waals surface area contributed by atoms with E-state index in [4.69, 9.17) is 4.74 Å². The lowest BCUT2D eigenvalue weighted by Gasteiger charge is -2.40. The maximum Gasteiger partial charge on any atom is 0.410 e. The quantitative estimate of drug-likeness (QED) is 0.233. The van der Waals surface area contributed by atoms with Crippen molar-refractivity contribution < 1.29 is 28.7 Å². The number of hydrogen-bond donors (Lipinski definition) is 1. The largest absolute Gasteiger partial charge is 0.445 e. The van der Waals surface area contributed by atoms with Crippen LogP contribution in [0, 0.1) is 27.8 Å². The molecular weight excluding hydrogens is 567 g/mol. The maximum absolute atomic E-state index is 14.2. The fraction of sp³-hybridized carbons (Fsp3) is 0.515. The van der Waals surface area contributed by atoms with Crippen LogP contribution in [0.3, 0.4) is 0 Å². The maximum atomic E-state index is 14.2. The summed E-state index contributed by atoms with van der Waals surface area (Å²) in [5.74, 6) is -0.621. The number of carbonyl (C=O) groups excluding carboxylic acids is 2. The second-order valence-corrected chi connectivity index (χ2v) is 12.3. The van der Waals surface area contributed by atoms with Gasteiger partial charge in [0, 0.05) is 62.7 Å². The van der Waals surface area contributed by atoms with E-state index in [9.17, 15) is 29.2 Å². The van der Waals surface area contributed by atoms with E-state index >= 15 is 0 Å². The molecule has 2 aromatic rings. The van der Waals surface area contributed by atoms with Crippen LogP contribution in [-0.4, -0.2) is 82.0 Å². The van der Waals surface area contributed by atoms with Gasteiger partial charge in [0.2, 0.25) is 5.91 Å². The smallest absolute Gasteiger partial charge is 0.410 e. The number of nitrogens with zero attached hydrogens (tertiary/aromatic N) is 4. The van der Waals surface area contributed by atoms with Crippen LogP contribution in [0.4, 0.5) is 14.9 Å². The van der Waals surface area contributed by atoms with Crippen LogP contribution >= 0.6 is 0 Å². The molecule has 5 rings (SSSR count). The molecular formula is C33H41FN4O6. The molecule has 2 aromatic carbocycles. The number of hydrogen-bond acceptors (Lipinski definition) is 7. The van der Waals surface area contributed by atoms with Gasteiger partial charge in [-0.05, 0) is 61.1 Å². The zero-order valence-electron chi connectivity index (χ0n) is 25.0. The Morgan fingerprint density at radius 1 is 1.14 bits per heavy atom. The van der Waals surface area contributed by atoms with Crippen molar-refractivity contribution in [3.8, 4) is 0 Å². The predicted octanol–water partition coefficient (Wildman–Crippen LogP) is 4.86. The number of piperidine rings is 1. The molecule has 2 aliphatic heterocycles. The van der Waals surface area contributed by atoms with Crippen molar-refractivity contribution in [3.05, 3.63) is 88.2 Å². The van der Waals surface area contributed by atoms with Crippen molar-refractivity contribution in [3.63, 3.8) is 0 Å².